The highest BCUT2D eigenvalue weighted by molar-refractivity contribution is 7.81. The predicted octanol–water partition coefficient (Wildman–Crippen LogP) is 2.03. The van der Waals surface area contributed by atoms with Crippen LogP contribution in [0.25, 0.3) is 0 Å². The summed E-state index contributed by atoms with van der Waals surface area (Å²) in [5.41, 5.74) is 6.82. The van der Waals surface area contributed by atoms with Gasteiger partial charge in [-0.15, -0.1) is 0 Å². The van der Waals surface area contributed by atoms with Gasteiger partial charge < -0.3 is 25.6 Å². The minimum atomic E-state index is -0.364. The van der Waals surface area contributed by atoms with Crippen molar-refractivity contribution in [2.75, 3.05) is 38.1 Å². The first-order valence-electron chi connectivity index (χ1n) is 8.09. The van der Waals surface area contributed by atoms with Crippen LogP contribution >= 0.6 is 12.2 Å². The molecule has 0 unspecified atom stereocenters. The molecule has 7 nitrogen and oxygen atoms in total. The lowest BCUT2D eigenvalue weighted by Crippen LogP contribution is -2.50. The summed E-state index contributed by atoms with van der Waals surface area (Å²) in [4.78, 5) is 15.3. The standard InChI is InChI=1S/C17H20FN5O2S/c1-2-25-17(24)23-9-7-22(8-10-23)15(20)14(11-19)16(26)21-13-5-3-12(18)4-6-13/h3-6H,2,7-10,20H2,1H3,(H,21,26)/b15-14+. The molecule has 1 aromatic carbocycles. The van der Waals surface area contributed by atoms with Crippen molar-refractivity contribution in [1.29, 1.82) is 5.26 Å². The average Bonchev–Trinajstić information content (AvgIpc) is 2.64. The number of nitriles is 1. The second-order valence-corrected chi connectivity index (χ2v) is 5.91. The van der Waals surface area contributed by atoms with Crippen LogP contribution in [0.15, 0.2) is 35.7 Å². The van der Waals surface area contributed by atoms with Crippen LogP contribution in [0, 0.1) is 17.1 Å². The SMILES string of the molecule is CCOC(=O)N1CCN(/C(N)=C(\C#N)C(=S)Nc2ccc(F)cc2)CC1. The van der Waals surface area contributed by atoms with E-state index in [1.165, 1.54) is 24.3 Å². The van der Waals surface area contributed by atoms with Crippen LogP contribution in [0.3, 0.4) is 0 Å². The van der Waals surface area contributed by atoms with E-state index in [9.17, 15) is 14.4 Å². The van der Waals surface area contributed by atoms with Crippen molar-refractivity contribution in [3.63, 3.8) is 0 Å². The highest BCUT2D eigenvalue weighted by Gasteiger charge is 2.24. The molecule has 1 aliphatic heterocycles. The first kappa shape index (κ1) is 19.5. The van der Waals surface area contributed by atoms with E-state index < -0.39 is 0 Å². The molecule has 26 heavy (non-hydrogen) atoms. The number of amides is 1. The zero-order valence-electron chi connectivity index (χ0n) is 14.4. The van der Waals surface area contributed by atoms with Gasteiger partial charge in [0.2, 0.25) is 0 Å². The number of anilines is 1. The fourth-order valence-corrected chi connectivity index (χ4v) is 2.72. The Morgan fingerprint density at radius 1 is 1.31 bits per heavy atom. The second kappa shape index (κ2) is 9.01. The van der Waals surface area contributed by atoms with E-state index in [0.717, 1.165) is 0 Å². The van der Waals surface area contributed by atoms with Gasteiger partial charge in [-0.3, -0.25) is 0 Å². The zero-order chi connectivity index (χ0) is 19.1. The topological polar surface area (TPSA) is 94.6 Å². The third-order valence-corrected chi connectivity index (χ3v) is 4.15. The van der Waals surface area contributed by atoms with Crippen molar-refractivity contribution in [1.82, 2.24) is 9.80 Å². The summed E-state index contributed by atoms with van der Waals surface area (Å²) >= 11 is 5.26. The molecule has 1 aromatic rings. The molecule has 0 bridgehead atoms. The number of nitrogens with two attached hydrogens (primary N) is 1. The lowest BCUT2D eigenvalue weighted by atomic mass is 10.2. The zero-order valence-corrected chi connectivity index (χ0v) is 15.2. The van der Waals surface area contributed by atoms with Crippen molar-refractivity contribution in [3.8, 4) is 6.07 Å². The lowest BCUT2D eigenvalue weighted by molar-refractivity contribution is 0.0865. The summed E-state index contributed by atoms with van der Waals surface area (Å²) in [6.45, 7) is 3.89. The molecular formula is C17H20FN5O2S. The number of nitrogens with one attached hydrogen (secondary N) is 1. The number of halogens is 1. The number of hydrogen-bond donors (Lipinski definition) is 2. The number of carbonyl (C=O) groups is 1. The molecule has 138 valence electrons. The van der Waals surface area contributed by atoms with Gasteiger partial charge in [-0.2, -0.15) is 5.26 Å². The van der Waals surface area contributed by atoms with Crippen molar-refractivity contribution >= 4 is 29.0 Å². The number of nitrogens with zero attached hydrogens (tertiary/aromatic N) is 3. The van der Waals surface area contributed by atoms with E-state index in [0.29, 0.717) is 38.5 Å². The molecule has 0 radical (unpaired) electrons. The van der Waals surface area contributed by atoms with Crippen molar-refractivity contribution in [2.24, 2.45) is 5.73 Å². The van der Waals surface area contributed by atoms with Crippen LogP contribution in [0.2, 0.25) is 0 Å². The van der Waals surface area contributed by atoms with Gasteiger partial charge >= 0.3 is 6.09 Å². The van der Waals surface area contributed by atoms with Gasteiger partial charge in [0.05, 0.1) is 6.61 Å². The van der Waals surface area contributed by atoms with E-state index in [1.54, 1.807) is 16.7 Å². The Morgan fingerprint density at radius 3 is 2.42 bits per heavy atom. The fourth-order valence-electron chi connectivity index (χ4n) is 2.45. The van der Waals surface area contributed by atoms with Crippen molar-refractivity contribution in [2.45, 2.75) is 6.92 Å². The maximum atomic E-state index is 13.0. The molecule has 0 atom stereocenters. The molecule has 0 aliphatic carbocycles. The highest BCUT2D eigenvalue weighted by Crippen LogP contribution is 2.15. The smallest absolute Gasteiger partial charge is 0.409 e. The Kier molecular flexibility index (Phi) is 6.74. The first-order valence-corrected chi connectivity index (χ1v) is 8.50. The Bertz CT molecular complexity index is 737. The maximum absolute atomic E-state index is 13.0. The number of carbonyl (C=O) groups excluding carboxylic acids is 1. The summed E-state index contributed by atoms with van der Waals surface area (Å²) in [6.07, 6.45) is -0.358. The van der Waals surface area contributed by atoms with E-state index in [1.807, 2.05) is 6.07 Å². The summed E-state index contributed by atoms with van der Waals surface area (Å²) in [5, 5.41) is 12.3. The third-order valence-electron chi connectivity index (χ3n) is 3.84. The second-order valence-electron chi connectivity index (χ2n) is 5.51. The van der Waals surface area contributed by atoms with Crippen molar-refractivity contribution in [3.05, 3.63) is 41.5 Å². The third kappa shape index (κ3) is 4.83. The normalized spacial score (nSPS) is 15.0. The molecule has 0 aromatic heterocycles. The van der Waals surface area contributed by atoms with Crippen LogP contribution in [0.5, 0.6) is 0 Å². The molecule has 2 rings (SSSR count). The molecule has 1 aliphatic rings. The Morgan fingerprint density at radius 2 is 1.88 bits per heavy atom. The van der Waals surface area contributed by atoms with Crippen LogP contribution in [0.4, 0.5) is 14.9 Å². The number of hydrogen-bond acceptors (Lipinski definition) is 6. The average molecular weight is 377 g/mol. The van der Waals surface area contributed by atoms with Crippen LogP contribution in [-0.4, -0.2) is 53.7 Å². The number of thiocarbonyl (C=S) groups is 1. The molecule has 1 fully saturated rings. The van der Waals surface area contributed by atoms with E-state index in [2.05, 4.69) is 5.32 Å². The molecule has 9 heteroatoms. The summed E-state index contributed by atoms with van der Waals surface area (Å²) in [7, 11) is 0. The lowest BCUT2D eigenvalue weighted by Gasteiger charge is -2.35. The van der Waals surface area contributed by atoms with Crippen molar-refractivity contribution < 1.29 is 13.9 Å². The predicted molar refractivity (Wildman–Crippen MR) is 99.6 cm³/mol. The molecule has 3 N–H and O–H groups in total. The number of ether oxygens (including phenoxy) is 1. The summed E-state index contributed by atoms with van der Waals surface area (Å²) in [5.74, 6) is -0.118. The Hall–Kier alpha value is -2.86. The van der Waals surface area contributed by atoms with Gasteiger partial charge in [0.25, 0.3) is 0 Å². The number of rotatable bonds is 4. The van der Waals surface area contributed by atoms with Gasteiger partial charge in [-0.1, -0.05) is 12.2 Å². The van der Waals surface area contributed by atoms with Gasteiger partial charge in [0.1, 0.15) is 28.3 Å². The molecule has 0 spiro atoms. The van der Waals surface area contributed by atoms with Gasteiger partial charge in [-0.05, 0) is 31.2 Å². The van der Waals surface area contributed by atoms with Gasteiger partial charge in [-0.25, -0.2) is 9.18 Å². The molecule has 0 saturated carbocycles. The quantitative estimate of drug-likeness (QED) is 0.471. The molecular weight excluding hydrogens is 357 g/mol. The first-order chi connectivity index (χ1) is 12.5. The fraction of sp³-hybridized carbons (Fsp3) is 0.353. The number of piperazine rings is 1. The van der Waals surface area contributed by atoms with Crippen LogP contribution < -0.4 is 11.1 Å². The van der Waals surface area contributed by atoms with E-state index >= 15 is 0 Å². The number of benzene rings is 1. The van der Waals surface area contributed by atoms with Gasteiger partial charge in [0, 0.05) is 31.9 Å². The van der Waals surface area contributed by atoms with E-state index in [4.69, 9.17) is 22.7 Å². The van der Waals surface area contributed by atoms with Gasteiger partial charge in [0.15, 0.2) is 0 Å². The minimum Gasteiger partial charge on any atom is -0.450 e. The Labute approximate surface area is 156 Å². The molecule has 1 saturated heterocycles. The minimum absolute atomic E-state index is 0.133. The molecule has 1 heterocycles. The molecule has 1 amide bonds. The van der Waals surface area contributed by atoms with Crippen LogP contribution in [-0.2, 0) is 4.74 Å². The van der Waals surface area contributed by atoms with Crippen LogP contribution in [0.1, 0.15) is 6.92 Å². The maximum Gasteiger partial charge on any atom is 0.409 e. The van der Waals surface area contributed by atoms with E-state index in [-0.39, 0.29) is 28.3 Å². The summed E-state index contributed by atoms with van der Waals surface area (Å²) in [6, 6.07) is 7.63. The Balaban J connectivity index is 2.04. The monoisotopic (exact) mass is 377 g/mol. The largest absolute Gasteiger partial charge is 0.450 e. The highest BCUT2D eigenvalue weighted by atomic mass is 32.1. The summed E-state index contributed by atoms with van der Waals surface area (Å²) < 4.78 is 17.9.